The molecule has 36 heavy (non-hydrogen) atoms. The van der Waals surface area contributed by atoms with Gasteiger partial charge >= 0.3 is 11.9 Å². The molecule has 3 aromatic rings. The van der Waals surface area contributed by atoms with E-state index in [9.17, 15) is 29.6 Å². The zero-order valence-corrected chi connectivity index (χ0v) is 20.6. The molecule has 2 aromatic carbocycles. The maximum atomic E-state index is 13.3. The van der Waals surface area contributed by atoms with Gasteiger partial charge < -0.3 is 9.84 Å². The Morgan fingerprint density at radius 1 is 1.17 bits per heavy atom. The molecule has 1 atom stereocenters. The third-order valence-corrected chi connectivity index (χ3v) is 6.99. The van der Waals surface area contributed by atoms with Crippen molar-refractivity contribution in [1.29, 1.82) is 0 Å². The minimum Gasteiger partial charge on any atom is -0.507 e. The Hall–Kier alpha value is -4.38. The largest absolute Gasteiger partial charge is 0.507 e. The van der Waals surface area contributed by atoms with Crippen LogP contribution in [0.3, 0.4) is 0 Å². The molecular weight excluding hydrogens is 486 g/mol. The number of rotatable bonds is 5. The number of aliphatic hydroxyl groups excluding tert-OH is 1. The molecule has 0 spiro atoms. The summed E-state index contributed by atoms with van der Waals surface area (Å²) in [7, 11) is 1.21. The maximum absolute atomic E-state index is 13.3. The molecule has 0 bridgehead atoms. The Balaban J connectivity index is 2.00. The molecule has 0 aliphatic carbocycles. The highest BCUT2D eigenvalue weighted by Gasteiger charge is 2.48. The average Bonchev–Trinajstić information content (AvgIpc) is 3.36. The first-order valence-electron chi connectivity index (χ1n) is 10.7. The molecule has 0 unspecified atom stereocenters. The van der Waals surface area contributed by atoms with Crippen LogP contribution in [0, 0.1) is 30.9 Å². The lowest BCUT2D eigenvalue weighted by Crippen LogP contribution is -2.29. The Bertz CT molecular complexity index is 1470. The number of methoxy groups -OCH3 is 1. The van der Waals surface area contributed by atoms with Crippen molar-refractivity contribution in [1.82, 2.24) is 4.98 Å². The summed E-state index contributed by atoms with van der Waals surface area (Å²) in [5.74, 6) is -3.02. The van der Waals surface area contributed by atoms with E-state index in [0.717, 1.165) is 21.8 Å². The summed E-state index contributed by atoms with van der Waals surface area (Å²) < 4.78 is 4.77. The molecule has 1 amide bonds. The number of carbonyl (C=O) groups excluding carboxylic acids is 3. The zero-order valence-electron chi connectivity index (χ0n) is 19.8. The van der Waals surface area contributed by atoms with Crippen LogP contribution >= 0.6 is 11.3 Å². The lowest BCUT2D eigenvalue weighted by Gasteiger charge is -2.23. The van der Waals surface area contributed by atoms with Crippen molar-refractivity contribution in [3.05, 3.63) is 91.0 Å². The van der Waals surface area contributed by atoms with Crippen molar-refractivity contribution in [2.45, 2.75) is 26.8 Å². The van der Waals surface area contributed by atoms with Gasteiger partial charge in [-0.15, -0.1) is 0 Å². The smallest absolute Gasteiger partial charge is 0.350 e. The van der Waals surface area contributed by atoms with Crippen molar-refractivity contribution in [2.24, 2.45) is 0 Å². The van der Waals surface area contributed by atoms with Gasteiger partial charge in [0.25, 0.3) is 11.5 Å². The number of esters is 1. The van der Waals surface area contributed by atoms with Crippen LogP contribution in [0.15, 0.2) is 48.0 Å². The van der Waals surface area contributed by atoms with Crippen molar-refractivity contribution in [3.8, 4) is 0 Å². The normalized spacial score (nSPS) is 16.9. The number of nitro benzene ring substituents is 1. The van der Waals surface area contributed by atoms with E-state index < -0.39 is 34.4 Å². The van der Waals surface area contributed by atoms with Crippen molar-refractivity contribution < 1.29 is 29.2 Å². The molecule has 1 N–H and O–H groups in total. The second kappa shape index (κ2) is 9.34. The number of aryl methyl sites for hydroxylation is 3. The van der Waals surface area contributed by atoms with E-state index in [4.69, 9.17) is 4.74 Å². The standard InChI is InChI=1S/C25H21N3O7S/c1-12-8-9-13(2)17(10-12)20(29)18-19(15-6-5-7-16(11-15)28(33)34)27(23(31)21(18)30)25-26-14(3)22(36-25)24(32)35-4/h5-11,19,29H,1-4H3/t19-/m1/s1. The molecule has 2 heterocycles. The van der Waals surface area contributed by atoms with Gasteiger partial charge in [-0.3, -0.25) is 24.6 Å². The number of ketones is 1. The average molecular weight is 508 g/mol. The number of thiazole rings is 1. The number of aliphatic hydroxyl groups is 1. The second-order valence-corrected chi connectivity index (χ2v) is 9.22. The van der Waals surface area contributed by atoms with Crippen LogP contribution in [0.2, 0.25) is 0 Å². The van der Waals surface area contributed by atoms with Crippen LogP contribution in [-0.2, 0) is 14.3 Å². The summed E-state index contributed by atoms with van der Waals surface area (Å²) in [6.07, 6.45) is 0. The van der Waals surface area contributed by atoms with Crippen LogP contribution in [-0.4, -0.2) is 39.8 Å². The first-order valence-corrected chi connectivity index (χ1v) is 11.6. The number of nitro groups is 1. The summed E-state index contributed by atoms with van der Waals surface area (Å²) in [5.41, 5.74) is 1.87. The van der Waals surface area contributed by atoms with Crippen LogP contribution in [0.5, 0.6) is 0 Å². The zero-order chi connectivity index (χ0) is 26.3. The quantitative estimate of drug-likeness (QED) is 0.134. The highest BCUT2D eigenvalue weighted by Crippen LogP contribution is 2.44. The molecule has 184 valence electrons. The van der Waals surface area contributed by atoms with Gasteiger partial charge in [-0.05, 0) is 38.0 Å². The van der Waals surface area contributed by atoms with Crippen LogP contribution < -0.4 is 4.90 Å². The fourth-order valence-electron chi connectivity index (χ4n) is 4.06. The first kappa shape index (κ1) is 24.7. The van der Waals surface area contributed by atoms with Gasteiger partial charge in [0.05, 0.1) is 29.3 Å². The predicted octanol–water partition coefficient (Wildman–Crippen LogP) is 4.39. The second-order valence-electron chi connectivity index (χ2n) is 8.24. The maximum Gasteiger partial charge on any atom is 0.350 e. The topological polar surface area (TPSA) is 140 Å². The van der Waals surface area contributed by atoms with Gasteiger partial charge in [0.15, 0.2) is 5.13 Å². The Morgan fingerprint density at radius 2 is 1.89 bits per heavy atom. The minimum absolute atomic E-state index is 0.0199. The van der Waals surface area contributed by atoms with Gasteiger partial charge in [-0.25, -0.2) is 9.78 Å². The molecule has 1 saturated heterocycles. The Morgan fingerprint density at radius 3 is 2.56 bits per heavy atom. The van der Waals surface area contributed by atoms with Crippen LogP contribution in [0.25, 0.3) is 5.76 Å². The number of hydrogen-bond donors (Lipinski definition) is 1. The third kappa shape index (κ3) is 4.13. The van der Waals surface area contributed by atoms with Gasteiger partial charge in [-0.1, -0.05) is 41.2 Å². The van der Waals surface area contributed by atoms with E-state index >= 15 is 0 Å². The fraction of sp³-hybridized carbons (Fsp3) is 0.200. The number of amides is 1. The van der Waals surface area contributed by atoms with E-state index in [2.05, 4.69) is 4.98 Å². The summed E-state index contributed by atoms with van der Waals surface area (Å²) in [6.45, 7) is 5.13. The summed E-state index contributed by atoms with van der Waals surface area (Å²) in [6, 6.07) is 9.55. The molecule has 10 nitrogen and oxygen atoms in total. The monoisotopic (exact) mass is 507 g/mol. The van der Waals surface area contributed by atoms with E-state index in [0.29, 0.717) is 11.1 Å². The fourth-order valence-corrected chi connectivity index (χ4v) is 5.07. The number of Topliss-reactive ketones (excluding diaryl/α,β-unsaturated/α-hetero) is 1. The molecule has 11 heteroatoms. The molecular formula is C25H21N3O7S. The number of carbonyl (C=O) groups is 3. The molecule has 1 fully saturated rings. The number of aromatic nitrogens is 1. The van der Waals surface area contributed by atoms with Crippen molar-refractivity contribution in [3.63, 3.8) is 0 Å². The first-order chi connectivity index (χ1) is 17.0. The van der Waals surface area contributed by atoms with Crippen molar-refractivity contribution >= 4 is 45.6 Å². The third-order valence-electron chi connectivity index (χ3n) is 5.85. The molecule has 4 rings (SSSR count). The minimum atomic E-state index is -1.22. The summed E-state index contributed by atoms with van der Waals surface area (Å²) in [4.78, 5) is 55.2. The van der Waals surface area contributed by atoms with Gasteiger partial charge in [0.2, 0.25) is 0 Å². The molecule has 0 radical (unpaired) electrons. The number of nitrogens with zero attached hydrogens (tertiary/aromatic N) is 3. The highest BCUT2D eigenvalue weighted by molar-refractivity contribution is 7.17. The lowest BCUT2D eigenvalue weighted by atomic mass is 9.93. The van der Waals surface area contributed by atoms with Gasteiger partial charge in [-0.2, -0.15) is 0 Å². The highest BCUT2D eigenvalue weighted by atomic mass is 32.1. The number of ether oxygens (including phenoxy) is 1. The van der Waals surface area contributed by atoms with Gasteiger partial charge in [0, 0.05) is 17.7 Å². The predicted molar refractivity (Wildman–Crippen MR) is 132 cm³/mol. The van der Waals surface area contributed by atoms with Crippen LogP contribution in [0.1, 0.15) is 43.7 Å². The molecule has 1 aliphatic rings. The number of anilines is 1. The molecule has 1 aliphatic heterocycles. The number of benzene rings is 2. The summed E-state index contributed by atoms with van der Waals surface area (Å²) in [5, 5.41) is 22.8. The van der Waals surface area contributed by atoms with Crippen LogP contribution in [0.4, 0.5) is 10.8 Å². The van der Waals surface area contributed by atoms with E-state index in [1.165, 1.54) is 31.4 Å². The molecule has 1 aromatic heterocycles. The van der Waals surface area contributed by atoms with E-state index in [1.54, 1.807) is 26.0 Å². The SMILES string of the molecule is COC(=O)c1sc(N2C(=O)C(=O)C(=C(O)c3cc(C)ccc3C)[C@H]2c2cccc([N+](=O)[O-])c2)nc1C. The molecule has 0 saturated carbocycles. The van der Waals surface area contributed by atoms with E-state index in [1.807, 2.05) is 13.0 Å². The summed E-state index contributed by atoms with van der Waals surface area (Å²) >= 11 is 0.848. The van der Waals surface area contributed by atoms with E-state index in [-0.39, 0.29) is 32.5 Å². The number of hydrogen-bond acceptors (Lipinski definition) is 9. The Labute approximate surface area is 209 Å². The lowest BCUT2D eigenvalue weighted by molar-refractivity contribution is -0.384. The number of non-ortho nitro benzene ring substituents is 1. The van der Waals surface area contributed by atoms with Gasteiger partial charge in [0.1, 0.15) is 10.6 Å². The van der Waals surface area contributed by atoms with Crippen molar-refractivity contribution in [2.75, 3.05) is 12.0 Å². The Kier molecular flexibility index (Phi) is 6.42.